The third kappa shape index (κ3) is 1.95. The van der Waals surface area contributed by atoms with Crippen molar-refractivity contribution in [2.45, 2.75) is 31.3 Å². The monoisotopic (exact) mass is 242 g/mol. The maximum atomic E-state index is 12.9. The fraction of sp³-hybridized carbons (Fsp3) is 0.500. The highest BCUT2D eigenvalue weighted by atomic mass is 19.3. The molecule has 0 bridgehead atoms. The van der Waals surface area contributed by atoms with Crippen LogP contribution in [0.15, 0.2) is 12.1 Å². The summed E-state index contributed by atoms with van der Waals surface area (Å²) in [6, 6.07) is 2.87. The minimum atomic E-state index is -2.57. The van der Waals surface area contributed by atoms with E-state index in [0.717, 1.165) is 0 Å². The minimum absolute atomic E-state index is 0.0612. The van der Waals surface area contributed by atoms with Gasteiger partial charge in [0.05, 0.1) is 5.60 Å². The van der Waals surface area contributed by atoms with E-state index in [4.69, 9.17) is 9.47 Å². The van der Waals surface area contributed by atoms with Gasteiger partial charge in [-0.05, 0) is 30.5 Å². The fourth-order valence-corrected chi connectivity index (χ4v) is 2.03. The first-order chi connectivity index (χ1) is 8.07. The number of halogens is 2. The molecule has 1 aliphatic carbocycles. The third-order valence-electron chi connectivity index (χ3n) is 3.22. The van der Waals surface area contributed by atoms with Crippen LogP contribution in [0.25, 0.3) is 0 Å². The number of hydrogen-bond acceptors (Lipinski definition) is 3. The van der Waals surface area contributed by atoms with Gasteiger partial charge in [-0.15, -0.1) is 0 Å². The summed E-state index contributed by atoms with van der Waals surface area (Å²) in [7, 11) is 0. The molecule has 3 rings (SSSR count). The van der Waals surface area contributed by atoms with Gasteiger partial charge in [0.15, 0.2) is 11.5 Å². The van der Waals surface area contributed by atoms with Crippen LogP contribution in [0.3, 0.4) is 0 Å². The van der Waals surface area contributed by atoms with Crippen molar-refractivity contribution in [2.75, 3.05) is 6.79 Å². The minimum Gasteiger partial charge on any atom is -0.454 e. The summed E-state index contributed by atoms with van der Waals surface area (Å²) >= 11 is 0. The van der Waals surface area contributed by atoms with Gasteiger partial charge in [-0.2, -0.15) is 0 Å². The molecule has 1 aromatic rings. The lowest BCUT2D eigenvalue weighted by atomic mass is 9.99. The van der Waals surface area contributed by atoms with Crippen molar-refractivity contribution in [1.29, 1.82) is 0 Å². The molecule has 1 heterocycles. The summed E-state index contributed by atoms with van der Waals surface area (Å²) in [4.78, 5) is 0. The largest absolute Gasteiger partial charge is 0.454 e. The second-order valence-corrected chi connectivity index (χ2v) is 4.61. The van der Waals surface area contributed by atoms with E-state index in [9.17, 15) is 13.9 Å². The molecule has 2 aliphatic rings. The van der Waals surface area contributed by atoms with Crippen molar-refractivity contribution in [3.05, 3.63) is 23.3 Å². The van der Waals surface area contributed by atoms with Crippen LogP contribution in [0.1, 0.15) is 30.4 Å². The molecule has 17 heavy (non-hydrogen) atoms. The predicted octanol–water partition coefficient (Wildman–Crippen LogP) is 2.42. The number of benzene rings is 1. The predicted molar refractivity (Wildman–Crippen MR) is 55.4 cm³/mol. The van der Waals surface area contributed by atoms with E-state index in [1.807, 2.05) is 0 Å². The molecular formula is C12H12F2O3. The third-order valence-corrected chi connectivity index (χ3v) is 3.22. The lowest BCUT2D eigenvalue weighted by molar-refractivity contribution is 0.138. The standard InChI is InChI=1S/C12H12F2O3/c13-11(14)8-4-10-9(16-6-17-10)3-7(8)5-12(15)1-2-12/h3-4,11,15H,1-2,5-6H2. The van der Waals surface area contributed by atoms with Gasteiger partial charge in [0.1, 0.15) is 0 Å². The maximum absolute atomic E-state index is 12.9. The number of hydrogen-bond donors (Lipinski definition) is 1. The average molecular weight is 242 g/mol. The molecule has 1 fully saturated rings. The molecule has 3 nitrogen and oxygen atoms in total. The maximum Gasteiger partial charge on any atom is 0.264 e. The van der Waals surface area contributed by atoms with Crippen molar-refractivity contribution >= 4 is 0 Å². The second kappa shape index (κ2) is 3.57. The molecule has 0 radical (unpaired) electrons. The summed E-state index contributed by atoms with van der Waals surface area (Å²) in [6.07, 6.45) is -0.973. The van der Waals surface area contributed by atoms with Gasteiger partial charge in [-0.1, -0.05) is 0 Å². The van der Waals surface area contributed by atoms with E-state index in [-0.39, 0.29) is 18.8 Å². The number of rotatable bonds is 3. The van der Waals surface area contributed by atoms with E-state index in [1.165, 1.54) is 6.07 Å². The van der Waals surface area contributed by atoms with Crippen LogP contribution in [-0.2, 0) is 6.42 Å². The number of alkyl halides is 2. The van der Waals surface area contributed by atoms with Crippen LogP contribution in [0.4, 0.5) is 8.78 Å². The normalized spacial score (nSPS) is 19.8. The molecule has 1 aromatic carbocycles. The molecule has 0 spiro atoms. The van der Waals surface area contributed by atoms with Crippen LogP contribution >= 0.6 is 0 Å². The Morgan fingerprint density at radius 2 is 1.88 bits per heavy atom. The van der Waals surface area contributed by atoms with Crippen LogP contribution in [0.5, 0.6) is 11.5 Å². The Bertz CT molecular complexity index is 455. The molecule has 5 heteroatoms. The topological polar surface area (TPSA) is 38.7 Å². The summed E-state index contributed by atoms with van der Waals surface area (Å²) in [5, 5.41) is 9.82. The van der Waals surface area contributed by atoms with Gasteiger partial charge >= 0.3 is 0 Å². The molecular weight excluding hydrogens is 230 g/mol. The van der Waals surface area contributed by atoms with Gasteiger partial charge in [0, 0.05) is 12.0 Å². The fourth-order valence-electron chi connectivity index (χ4n) is 2.03. The molecule has 0 unspecified atom stereocenters. The van der Waals surface area contributed by atoms with Crippen LogP contribution < -0.4 is 9.47 Å². The summed E-state index contributed by atoms with van der Waals surface area (Å²) in [5.74, 6) is 0.834. The number of ether oxygens (including phenoxy) is 2. The Kier molecular flexibility index (Phi) is 2.26. The first-order valence-corrected chi connectivity index (χ1v) is 5.50. The summed E-state index contributed by atoms with van der Waals surface area (Å²) in [6.45, 7) is 0.0612. The van der Waals surface area contributed by atoms with Crippen LogP contribution in [0, 0.1) is 0 Å². The Balaban J connectivity index is 1.99. The SMILES string of the molecule is OC1(Cc2cc3c(cc2C(F)F)OCO3)CC1. The van der Waals surface area contributed by atoms with E-state index in [0.29, 0.717) is 29.9 Å². The van der Waals surface area contributed by atoms with Crippen molar-refractivity contribution < 1.29 is 23.4 Å². The zero-order chi connectivity index (χ0) is 12.0. The molecule has 0 atom stereocenters. The van der Waals surface area contributed by atoms with Crippen molar-refractivity contribution in [3.63, 3.8) is 0 Å². The van der Waals surface area contributed by atoms with E-state index in [1.54, 1.807) is 6.07 Å². The average Bonchev–Trinajstić information content (AvgIpc) is 2.83. The van der Waals surface area contributed by atoms with Gasteiger partial charge in [-0.3, -0.25) is 0 Å². The molecule has 1 saturated carbocycles. The van der Waals surface area contributed by atoms with E-state index < -0.39 is 12.0 Å². The highest BCUT2D eigenvalue weighted by molar-refractivity contribution is 5.49. The molecule has 92 valence electrons. The van der Waals surface area contributed by atoms with Gasteiger partial charge in [0.25, 0.3) is 6.43 Å². The first kappa shape index (κ1) is 10.8. The van der Waals surface area contributed by atoms with Crippen molar-refractivity contribution in [2.24, 2.45) is 0 Å². The Morgan fingerprint density at radius 3 is 2.47 bits per heavy atom. The lowest BCUT2D eigenvalue weighted by Crippen LogP contribution is -2.12. The zero-order valence-corrected chi connectivity index (χ0v) is 9.08. The van der Waals surface area contributed by atoms with Crippen LogP contribution in [0.2, 0.25) is 0 Å². The van der Waals surface area contributed by atoms with Crippen molar-refractivity contribution in [1.82, 2.24) is 0 Å². The molecule has 1 N–H and O–H groups in total. The second-order valence-electron chi connectivity index (χ2n) is 4.61. The summed E-state index contributed by atoms with van der Waals surface area (Å²) in [5.41, 5.74) is -0.420. The molecule has 0 amide bonds. The lowest BCUT2D eigenvalue weighted by Gasteiger charge is -2.13. The molecule has 0 aromatic heterocycles. The number of fused-ring (bicyclic) bond motifs is 1. The Labute approximate surface area is 97.0 Å². The van der Waals surface area contributed by atoms with Gasteiger partial charge < -0.3 is 14.6 Å². The zero-order valence-electron chi connectivity index (χ0n) is 9.08. The van der Waals surface area contributed by atoms with E-state index >= 15 is 0 Å². The summed E-state index contributed by atoms with van der Waals surface area (Å²) < 4.78 is 36.1. The smallest absolute Gasteiger partial charge is 0.264 e. The number of aliphatic hydroxyl groups is 1. The highest BCUT2D eigenvalue weighted by Gasteiger charge is 2.41. The van der Waals surface area contributed by atoms with Crippen molar-refractivity contribution in [3.8, 4) is 11.5 Å². The molecule has 0 saturated heterocycles. The highest BCUT2D eigenvalue weighted by Crippen LogP contribution is 2.43. The molecule has 1 aliphatic heterocycles. The van der Waals surface area contributed by atoms with E-state index in [2.05, 4.69) is 0 Å². The first-order valence-electron chi connectivity index (χ1n) is 5.50. The Hall–Kier alpha value is -1.36. The van der Waals surface area contributed by atoms with Gasteiger partial charge in [-0.25, -0.2) is 8.78 Å². The van der Waals surface area contributed by atoms with Gasteiger partial charge in [0.2, 0.25) is 6.79 Å². The van der Waals surface area contributed by atoms with Crippen LogP contribution in [-0.4, -0.2) is 17.5 Å². The quantitative estimate of drug-likeness (QED) is 0.884. The Morgan fingerprint density at radius 1 is 1.24 bits per heavy atom.